The van der Waals surface area contributed by atoms with Crippen LogP contribution in [0.2, 0.25) is 0 Å². The molecular formula is C9H15NO7. The lowest BCUT2D eigenvalue weighted by atomic mass is 9.99. The zero-order valence-electron chi connectivity index (χ0n) is 8.97. The van der Waals surface area contributed by atoms with E-state index in [0.29, 0.717) is 0 Å². The summed E-state index contributed by atoms with van der Waals surface area (Å²) in [4.78, 5) is 13.0. The van der Waals surface area contributed by atoms with E-state index in [1.807, 2.05) is 0 Å². The van der Waals surface area contributed by atoms with Crippen LogP contribution in [0.3, 0.4) is 0 Å². The summed E-state index contributed by atoms with van der Waals surface area (Å²) < 4.78 is 10.1. The molecule has 0 saturated carbocycles. The van der Waals surface area contributed by atoms with Crippen molar-refractivity contribution in [2.24, 2.45) is 4.99 Å². The number of hydrogen-bond acceptors (Lipinski definition) is 8. The van der Waals surface area contributed by atoms with Crippen molar-refractivity contribution in [3.63, 3.8) is 0 Å². The highest BCUT2D eigenvalue weighted by atomic mass is 16.7. The second kappa shape index (κ2) is 6.77. The van der Waals surface area contributed by atoms with Gasteiger partial charge in [-0.25, -0.2) is 9.79 Å². The summed E-state index contributed by atoms with van der Waals surface area (Å²) in [7, 11) is 0. The first-order valence-corrected chi connectivity index (χ1v) is 5.07. The highest BCUT2D eigenvalue weighted by Gasteiger charge is 2.43. The number of aliphatic imine (C=N–C) groups is 1. The van der Waals surface area contributed by atoms with E-state index in [9.17, 15) is 20.1 Å². The molecule has 0 aliphatic carbocycles. The largest absolute Gasteiger partial charge is 0.394 e. The van der Waals surface area contributed by atoms with Crippen LogP contribution in [0.4, 0.5) is 0 Å². The van der Waals surface area contributed by atoms with Gasteiger partial charge in [-0.3, -0.25) is 0 Å². The van der Waals surface area contributed by atoms with Crippen molar-refractivity contribution in [1.82, 2.24) is 0 Å². The molecule has 0 spiro atoms. The third-order valence-corrected chi connectivity index (χ3v) is 2.40. The van der Waals surface area contributed by atoms with Crippen LogP contribution < -0.4 is 0 Å². The van der Waals surface area contributed by atoms with Gasteiger partial charge in [0.15, 0.2) is 6.29 Å². The van der Waals surface area contributed by atoms with Gasteiger partial charge in [0.1, 0.15) is 24.4 Å². The first-order chi connectivity index (χ1) is 8.11. The van der Waals surface area contributed by atoms with Gasteiger partial charge in [-0.15, -0.1) is 0 Å². The van der Waals surface area contributed by atoms with Crippen LogP contribution in [-0.2, 0) is 14.3 Å². The maximum atomic E-state index is 9.78. The molecule has 1 aliphatic rings. The lowest BCUT2D eigenvalue weighted by Gasteiger charge is -2.39. The second-order valence-electron chi connectivity index (χ2n) is 3.54. The van der Waals surface area contributed by atoms with Crippen molar-refractivity contribution >= 4 is 6.08 Å². The van der Waals surface area contributed by atoms with Gasteiger partial charge in [0.05, 0.1) is 19.8 Å². The summed E-state index contributed by atoms with van der Waals surface area (Å²) in [5.41, 5.74) is 0. The van der Waals surface area contributed by atoms with E-state index in [-0.39, 0.29) is 13.2 Å². The number of rotatable bonds is 5. The van der Waals surface area contributed by atoms with E-state index in [0.717, 1.165) is 0 Å². The topological polar surface area (TPSA) is 129 Å². The molecule has 8 nitrogen and oxygen atoms in total. The van der Waals surface area contributed by atoms with Crippen molar-refractivity contribution in [2.75, 3.05) is 19.8 Å². The van der Waals surface area contributed by atoms with Crippen LogP contribution in [0, 0.1) is 0 Å². The minimum absolute atomic E-state index is 0.0159. The third-order valence-electron chi connectivity index (χ3n) is 2.40. The van der Waals surface area contributed by atoms with Crippen LogP contribution in [0.15, 0.2) is 4.99 Å². The molecule has 98 valence electrons. The molecule has 1 fully saturated rings. The van der Waals surface area contributed by atoms with E-state index in [1.165, 1.54) is 6.08 Å². The van der Waals surface area contributed by atoms with E-state index in [2.05, 4.69) is 4.99 Å². The highest BCUT2D eigenvalue weighted by molar-refractivity contribution is 5.32. The molecule has 0 radical (unpaired) electrons. The smallest absolute Gasteiger partial charge is 0.235 e. The van der Waals surface area contributed by atoms with Crippen molar-refractivity contribution in [3.8, 4) is 0 Å². The number of nitrogens with zero attached hydrogens (tertiary/aromatic N) is 1. The number of hydrogen-bond donors (Lipinski definition) is 4. The molecule has 1 heterocycles. The lowest BCUT2D eigenvalue weighted by Crippen LogP contribution is -2.59. The average Bonchev–Trinajstić information content (AvgIpc) is 2.34. The third kappa shape index (κ3) is 3.55. The molecule has 5 atom stereocenters. The maximum absolute atomic E-state index is 9.78. The Kier molecular flexibility index (Phi) is 5.66. The van der Waals surface area contributed by atoms with Crippen LogP contribution in [0.1, 0.15) is 0 Å². The Morgan fingerprint density at radius 1 is 1.24 bits per heavy atom. The summed E-state index contributed by atoms with van der Waals surface area (Å²) in [6.07, 6.45) is -5.20. The summed E-state index contributed by atoms with van der Waals surface area (Å²) in [5, 5.41) is 37.3. The summed E-state index contributed by atoms with van der Waals surface area (Å²) >= 11 is 0. The minimum atomic E-state index is -1.47. The summed E-state index contributed by atoms with van der Waals surface area (Å²) in [6, 6.07) is 0. The monoisotopic (exact) mass is 249 g/mol. The lowest BCUT2D eigenvalue weighted by molar-refractivity contribution is -0.300. The minimum Gasteiger partial charge on any atom is -0.394 e. The van der Waals surface area contributed by atoms with Gasteiger partial charge in [-0.1, -0.05) is 0 Å². The zero-order chi connectivity index (χ0) is 12.8. The predicted molar refractivity (Wildman–Crippen MR) is 52.7 cm³/mol. The van der Waals surface area contributed by atoms with Crippen LogP contribution >= 0.6 is 0 Å². The second-order valence-corrected chi connectivity index (χ2v) is 3.54. The van der Waals surface area contributed by atoms with Gasteiger partial charge in [-0.05, 0) is 0 Å². The molecule has 0 amide bonds. The Morgan fingerprint density at radius 3 is 2.53 bits per heavy atom. The van der Waals surface area contributed by atoms with Gasteiger partial charge in [0.2, 0.25) is 6.08 Å². The van der Waals surface area contributed by atoms with E-state index < -0.39 is 37.3 Å². The fourth-order valence-corrected chi connectivity index (χ4v) is 1.47. The van der Waals surface area contributed by atoms with Gasteiger partial charge < -0.3 is 29.9 Å². The Hall–Kier alpha value is -0.860. The number of aliphatic hydroxyl groups excluding tert-OH is 4. The van der Waals surface area contributed by atoms with Gasteiger partial charge in [-0.2, -0.15) is 0 Å². The zero-order valence-corrected chi connectivity index (χ0v) is 8.97. The van der Waals surface area contributed by atoms with Crippen LogP contribution in [0.5, 0.6) is 0 Å². The van der Waals surface area contributed by atoms with Gasteiger partial charge in [0, 0.05) is 0 Å². The predicted octanol–water partition coefficient (Wildman–Crippen LogP) is -2.86. The molecule has 0 bridgehead atoms. The van der Waals surface area contributed by atoms with Crippen molar-refractivity contribution in [3.05, 3.63) is 0 Å². The number of aliphatic hydroxyl groups is 4. The molecule has 4 N–H and O–H groups in total. The molecule has 0 aromatic carbocycles. The molecule has 0 unspecified atom stereocenters. The van der Waals surface area contributed by atoms with Crippen molar-refractivity contribution < 1.29 is 34.7 Å². The summed E-state index contributed by atoms with van der Waals surface area (Å²) in [5.74, 6) is 0. The Labute approximate surface area is 97.1 Å². The standard InChI is InChI=1S/C9H15NO7/c11-3-5-6(13)7(14)8(15)9(17-5)16-2-1-10-4-12/h5-9,11,13-15H,1-3H2/t5-,6-,7+,8+,9+/m1/s1. The van der Waals surface area contributed by atoms with Gasteiger partial charge >= 0.3 is 0 Å². The Morgan fingerprint density at radius 2 is 1.94 bits per heavy atom. The molecule has 0 aromatic rings. The van der Waals surface area contributed by atoms with E-state index in [4.69, 9.17) is 14.6 Å². The van der Waals surface area contributed by atoms with Gasteiger partial charge in [0.25, 0.3) is 0 Å². The first-order valence-electron chi connectivity index (χ1n) is 5.07. The number of isocyanates is 1. The molecule has 1 saturated heterocycles. The normalized spacial score (nSPS) is 37.5. The molecular weight excluding hydrogens is 234 g/mol. The highest BCUT2D eigenvalue weighted by Crippen LogP contribution is 2.21. The van der Waals surface area contributed by atoms with Crippen molar-refractivity contribution in [2.45, 2.75) is 30.7 Å². The van der Waals surface area contributed by atoms with Crippen molar-refractivity contribution in [1.29, 1.82) is 0 Å². The fraction of sp³-hybridized carbons (Fsp3) is 0.889. The average molecular weight is 249 g/mol. The van der Waals surface area contributed by atoms with E-state index >= 15 is 0 Å². The van der Waals surface area contributed by atoms with E-state index in [1.54, 1.807) is 0 Å². The SMILES string of the molecule is O=C=NCCO[C@H]1O[C@H](CO)[C@@H](O)[C@H](O)[C@@H]1O. The summed E-state index contributed by atoms with van der Waals surface area (Å²) in [6.45, 7) is -0.492. The maximum Gasteiger partial charge on any atom is 0.235 e. The fourth-order valence-electron chi connectivity index (χ4n) is 1.47. The first kappa shape index (κ1) is 14.2. The molecule has 17 heavy (non-hydrogen) atoms. The number of ether oxygens (including phenoxy) is 2. The van der Waals surface area contributed by atoms with Crippen LogP contribution in [0.25, 0.3) is 0 Å². The quantitative estimate of drug-likeness (QED) is 0.234. The molecule has 1 rings (SSSR count). The Bertz CT molecular complexity index is 279. The number of carbonyl (C=O) groups excluding carboxylic acids is 1. The molecule has 8 heteroatoms. The molecule has 1 aliphatic heterocycles. The van der Waals surface area contributed by atoms with Crippen LogP contribution in [-0.4, -0.2) is 77.0 Å². The Balaban J connectivity index is 2.50. The molecule has 0 aromatic heterocycles.